The molecule has 1 N–H and O–H groups in total. The van der Waals surface area contributed by atoms with Gasteiger partial charge in [-0.15, -0.1) is 0 Å². The highest BCUT2D eigenvalue weighted by atomic mass is 79.9. The highest BCUT2D eigenvalue weighted by Gasteiger charge is 2.37. The molecule has 1 atom stereocenters. The maximum Gasteiger partial charge on any atom is 0.387 e. The van der Waals surface area contributed by atoms with Crippen molar-refractivity contribution < 1.29 is 18.3 Å². The molecule has 130 valence electrons. The molecule has 0 radical (unpaired) electrons. The Balaban J connectivity index is 1.92. The summed E-state index contributed by atoms with van der Waals surface area (Å²) in [5, 5.41) is 7.32. The average molecular weight is 411 g/mol. The van der Waals surface area contributed by atoms with E-state index in [1.165, 1.54) is 17.1 Å². The molecule has 25 heavy (non-hydrogen) atoms. The topological polar surface area (TPSA) is 69.0 Å². The zero-order valence-electron chi connectivity index (χ0n) is 12.9. The monoisotopic (exact) mass is 410 g/mol. The van der Waals surface area contributed by atoms with Gasteiger partial charge in [-0.25, -0.2) is 4.68 Å². The lowest BCUT2D eigenvalue weighted by molar-refractivity contribution is -0.116. The Morgan fingerprint density at radius 2 is 2.20 bits per heavy atom. The Morgan fingerprint density at radius 1 is 1.36 bits per heavy atom. The van der Waals surface area contributed by atoms with Crippen LogP contribution in [0.1, 0.15) is 30.9 Å². The fourth-order valence-electron chi connectivity index (χ4n) is 3.32. The standard InChI is InChI=1S/C16H13BrF2N4O2/c17-8-4-5-12(25-15(18)19)9(6-8)14-13-10(2-1-3-11(13)24)22-16-20-7-21-23(14)16/h4-7,14-15H,1-3H2,(H,20,21,22). The molecule has 0 bridgehead atoms. The predicted octanol–water partition coefficient (Wildman–Crippen LogP) is 3.66. The summed E-state index contributed by atoms with van der Waals surface area (Å²) in [4.78, 5) is 16.8. The molecule has 2 aromatic rings. The number of fused-ring (bicyclic) bond motifs is 1. The van der Waals surface area contributed by atoms with Crippen molar-refractivity contribution in [3.05, 3.63) is 45.8 Å². The van der Waals surface area contributed by atoms with Gasteiger partial charge in [0.1, 0.15) is 18.1 Å². The fraction of sp³-hybridized carbons (Fsp3) is 0.312. The Morgan fingerprint density at radius 3 is 3.00 bits per heavy atom. The van der Waals surface area contributed by atoms with E-state index in [1.54, 1.807) is 12.1 Å². The minimum Gasteiger partial charge on any atom is -0.434 e. The highest BCUT2D eigenvalue weighted by molar-refractivity contribution is 9.10. The van der Waals surface area contributed by atoms with E-state index in [2.05, 4.69) is 31.3 Å². The van der Waals surface area contributed by atoms with E-state index < -0.39 is 12.7 Å². The van der Waals surface area contributed by atoms with E-state index in [0.29, 0.717) is 34.4 Å². The molecule has 1 unspecified atom stereocenters. The number of carbonyl (C=O) groups is 1. The molecule has 6 nitrogen and oxygen atoms in total. The van der Waals surface area contributed by atoms with Crippen LogP contribution >= 0.6 is 15.9 Å². The van der Waals surface area contributed by atoms with Crippen LogP contribution in [0.25, 0.3) is 0 Å². The molecule has 1 aliphatic heterocycles. The SMILES string of the molecule is O=C1CCCC2=C1C(c1cc(Br)ccc1OC(F)F)n1ncnc1N2. The number of rotatable bonds is 3. The van der Waals surface area contributed by atoms with Crippen molar-refractivity contribution in [1.29, 1.82) is 0 Å². The van der Waals surface area contributed by atoms with Crippen molar-refractivity contribution >= 4 is 27.7 Å². The predicted molar refractivity (Wildman–Crippen MR) is 88.4 cm³/mol. The fourth-order valence-corrected chi connectivity index (χ4v) is 3.70. The maximum atomic E-state index is 12.9. The van der Waals surface area contributed by atoms with Crippen LogP contribution in [-0.4, -0.2) is 27.2 Å². The lowest BCUT2D eigenvalue weighted by Crippen LogP contribution is -2.32. The number of allylic oxidation sites excluding steroid dienone is 2. The number of halogens is 3. The third kappa shape index (κ3) is 2.82. The van der Waals surface area contributed by atoms with Gasteiger partial charge in [-0.3, -0.25) is 4.79 Å². The van der Waals surface area contributed by atoms with Crippen LogP contribution in [0, 0.1) is 0 Å². The normalized spacial score (nSPS) is 19.5. The smallest absolute Gasteiger partial charge is 0.387 e. The Kier molecular flexibility index (Phi) is 4.03. The summed E-state index contributed by atoms with van der Waals surface area (Å²) in [6.07, 6.45) is 3.22. The molecule has 0 amide bonds. The first-order chi connectivity index (χ1) is 12.0. The third-order valence-electron chi connectivity index (χ3n) is 4.29. The lowest BCUT2D eigenvalue weighted by atomic mass is 9.85. The second kappa shape index (κ2) is 6.21. The van der Waals surface area contributed by atoms with E-state index in [9.17, 15) is 13.6 Å². The van der Waals surface area contributed by atoms with Gasteiger partial charge in [0.25, 0.3) is 0 Å². The van der Waals surface area contributed by atoms with Gasteiger partial charge in [0.05, 0.1) is 0 Å². The number of benzene rings is 1. The minimum atomic E-state index is -2.97. The minimum absolute atomic E-state index is 0.0109. The molecule has 0 spiro atoms. The molecule has 1 aromatic heterocycles. The van der Waals surface area contributed by atoms with Gasteiger partial charge < -0.3 is 10.1 Å². The number of alkyl halides is 2. The van der Waals surface area contributed by atoms with Crippen LogP contribution < -0.4 is 10.1 Å². The molecule has 0 saturated heterocycles. The first-order valence-corrected chi connectivity index (χ1v) is 8.51. The van der Waals surface area contributed by atoms with Gasteiger partial charge in [-0.05, 0) is 31.0 Å². The number of Topliss-reactive ketones (excluding diaryl/α,β-unsaturated/α-hetero) is 1. The van der Waals surface area contributed by atoms with Gasteiger partial charge in [0.15, 0.2) is 5.78 Å². The van der Waals surface area contributed by atoms with Crippen LogP contribution in [0.15, 0.2) is 40.3 Å². The summed E-state index contributed by atoms with van der Waals surface area (Å²) in [6.45, 7) is -2.97. The van der Waals surface area contributed by atoms with Crippen LogP contribution in [0.4, 0.5) is 14.7 Å². The quantitative estimate of drug-likeness (QED) is 0.835. The number of hydrogen-bond acceptors (Lipinski definition) is 5. The van der Waals surface area contributed by atoms with Crippen LogP contribution in [0.5, 0.6) is 5.75 Å². The van der Waals surface area contributed by atoms with Gasteiger partial charge in [0.2, 0.25) is 5.95 Å². The van der Waals surface area contributed by atoms with Crippen molar-refractivity contribution in [1.82, 2.24) is 14.8 Å². The van der Waals surface area contributed by atoms with Crippen LogP contribution in [-0.2, 0) is 4.79 Å². The zero-order valence-corrected chi connectivity index (χ0v) is 14.5. The molecule has 2 heterocycles. The van der Waals surface area contributed by atoms with E-state index in [0.717, 1.165) is 12.1 Å². The second-order valence-electron chi connectivity index (χ2n) is 5.79. The Hall–Kier alpha value is -2.29. The molecular weight excluding hydrogens is 398 g/mol. The van der Waals surface area contributed by atoms with E-state index in [-0.39, 0.29) is 11.5 Å². The third-order valence-corrected chi connectivity index (χ3v) is 4.79. The molecule has 2 aliphatic rings. The van der Waals surface area contributed by atoms with Gasteiger partial charge in [-0.2, -0.15) is 18.9 Å². The first kappa shape index (κ1) is 16.2. The van der Waals surface area contributed by atoms with E-state index in [4.69, 9.17) is 4.74 Å². The Bertz CT molecular complexity index is 881. The molecule has 1 aliphatic carbocycles. The lowest BCUT2D eigenvalue weighted by Gasteiger charge is -2.32. The second-order valence-corrected chi connectivity index (χ2v) is 6.70. The zero-order chi connectivity index (χ0) is 17.6. The number of anilines is 1. The summed E-state index contributed by atoms with van der Waals surface area (Å²) in [7, 11) is 0. The van der Waals surface area contributed by atoms with Gasteiger partial charge in [-0.1, -0.05) is 15.9 Å². The molecular formula is C16H13BrF2N4O2. The maximum absolute atomic E-state index is 12.9. The molecule has 4 rings (SSSR count). The highest BCUT2D eigenvalue weighted by Crippen LogP contribution is 2.43. The summed E-state index contributed by atoms with van der Waals surface area (Å²) in [6, 6.07) is 4.08. The largest absolute Gasteiger partial charge is 0.434 e. The summed E-state index contributed by atoms with van der Waals surface area (Å²) in [5.74, 6) is 0.459. The first-order valence-electron chi connectivity index (χ1n) is 7.71. The molecule has 1 aromatic carbocycles. The molecule has 9 heteroatoms. The number of carbonyl (C=O) groups excluding carboxylic acids is 1. The Labute approximate surface area is 150 Å². The number of hydrogen-bond donors (Lipinski definition) is 1. The molecule has 0 saturated carbocycles. The van der Waals surface area contributed by atoms with Crippen molar-refractivity contribution in [2.24, 2.45) is 0 Å². The van der Waals surface area contributed by atoms with Gasteiger partial charge >= 0.3 is 6.61 Å². The van der Waals surface area contributed by atoms with E-state index in [1.807, 2.05) is 0 Å². The van der Waals surface area contributed by atoms with Gasteiger partial charge in [0, 0.05) is 27.7 Å². The summed E-state index contributed by atoms with van der Waals surface area (Å²) >= 11 is 3.36. The number of ether oxygens (including phenoxy) is 1. The summed E-state index contributed by atoms with van der Waals surface area (Å²) < 4.78 is 32.6. The van der Waals surface area contributed by atoms with Crippen LogP contribution in [0.2, 0.25) is 0 Å². The van der Waals surface area contributed by atoms with Crippen molar-refractivity contribution in [3.63, 3.8) is 0 Å². The number of nitrogens with zero attached hydrogens (tertiary/aromatic N) is 3. The molecule has 0 fully saturated rings. The number of nitrogens with one attached hydrogen (secondary N) is 1. The van der Waals surface area contributed by atoms with E-state index >= 15 is 0 Å². The van der Waals surface area contributed by atoms with Crippen molar-refractivity contribution in [2.45, 2.75) is 31.9 Å². The van der Waals surface area contributed by atoms with Crippen molar-refractivity contribution in [2.75, 3.05) is 5.32 Å². The van der Waals surface area contributed by atoms with Crippen LogP contribution in [0.3, 0.4) is 0 Å². The average Bonchev–Trinajstić information content (AvgIpc) is 3.02. The summed E-state index contributed by atoms with van der Waals surface area (Å²) in [5.41, 5.74) is 1.73. The number of ketones is 1. The van der Waals surface area contributed by atoms with Crippen molar-refractivity contribution in [3.8, 4) is 5.75 Å². The number of aromatic nitrogens is 3.